The van der Waals surface area contributed by atoms with Crippen LogP contribution in [0.3, 0.4) is 0 Å². The molecule has 2 rings (SSSR count). The molecular formula is C18H13N3O2. The van der Waals surface area contributed by atoms with Crippen LogP contribution in [0.2, 0.25) is 0 Å². The highest BCUT2D eigenvalue weighted by molar-refractivity contribution is 6.12. The van der Waals surface area contributed by atoms with Crippen LogP contribution in [0.1, 0.15) is 15.9 Å². The van der Waals surface area contributed by atoms with E-state index in [1.807, 2.05) is 0 Å². The quantitative estimate of drug-likeness (QED) is 0.676. The number of para-hydroxylation sites is 1. The lowest BCUT2D eigenvalue weighted by molar-refractivity contribution is 0.103. The van der Waals surface area contributed by atoms with Crippen LogP contribution in [-0.2, 0) is 0 Å². The minimum atomic E-state index is -0.167. The van der Waals surface area contributed by atoms with Gasteiger partial charge >= 0.3 is 0 Å². The highest BCUT2D eigenvalue weighted by atomic mass is 16.5. The summed E-state index contributed by atoms with van der Waals surface area (Å²) in [5.74, 6) is 0.503. The Morgan fingerprint density at radius 1 is 1.09 bits per heavy atom. The number of hydrogen-bond acceptors (Lipinski definition) is 5. The number of rotatable bonds is 5. The molecule has 0 aromatic heterocycles. The Morgan fingerprint density at radius 2 is 1.74 bits per heavy atom. The number of carbonyl (C=O) groups excluding carboxylic acids is 1. The number of ketones is 1. The van der Waals surface area contributed by atoms with Crippen molar-refractivity contribution >= 4 is 11.5 Å². The molecule has 0 saturated carbocycles. The molecule has 5 nitrogen and oxygen atoms in total. The summed E-state index contributed by atoms with van der Waals surface area (Å²) >= 11 is 0. The van der Waals surface area contributed by atoms with Crippen molar-refractivity contribution < 1.29 is 9.53 Å². The second-order valence-corrected chi connectivity index (χ2v) is 4.53. The van der Waals surface area contributed by atoms with Crippen LogP contribution in [0.5, 0.6) is 5.75 Å². The minimum absolute atomic E-state index is 0.0725. The Morgan fingerprint density at radius 3 is 2.35 bits per heavy atom. The Bertz CT molecular complexity index is 809. The van der Waals surface area contributed by atoms with Gasteiger partial charge in [-0.1, -0.05) is 12.1 Å². The highest BCUT2D eigenvalue weighted by Gasteiger charge is 2.13. The van der Waals surface area contributed by atoms with Crippen LogP contribution < -0.4 is 10.1 Å². The van der Waals surface area contributed by atoms with Crippen molar-refractivity contribution in [2.75, 3.05) is 12.4 Å². The van der Waals surface area contributed by atoms with E-state index < -0.39 is 0 Å². The normalized spacial score (nSPS) is 9.17. The first-order valence-corrected chi connectivity index (χ1v) is 6.74. The average Bonchev–Trinajstić information content (AvgIpc) is 2.62. The third kappa shape index (κ3) is 3.75. The molecule has 0 atom stereocenters. The second kappa shape index (κ2) is 7.44. The van der Waals surface area contributed by atoms with Gasteiger partial charge in [0.2, 0.25) is 0 Å². The number of benzene rings is 2. The van der Waals surface area contributed by atoms with Crippen LogP contribution in [0.15, 0.2) is 60.3 Å². The molecule has 0 spiro atoms. The van der Waals surface area contributed by atoms with E-state index in [-0.39, 0.29) is 11.4 Å². The van der Waals surface area contributed by atoms with Gasteiger partial charge in [0, 0.05) is 23.0 Å². The summed E-state index contributed by atoms with van der Waals surface area (Å²) in [5, 5.41) is 20.3. The maximum atomic E-state index is 12.6. The van der Waals surface area contributed by atoms with Gasteiger partial charge in [-0.15, -0.1) is 0 Å². The zero-order chi connectivity index (χ0) is 16.7. The van der Waals surface area contributed by atoms with Gasteiger partial charge < -0.3 is 10.1 Å². The molecule has 2 aromatic rings. The maximum absolute atomic E-state index is 12.6. The fraction of sp³-hybridized carbons (Fsp3) is 0.0556. The molecule has 0 aliphatic carbocycles. The van der Waals surface area contributed by atoms with Gasteiger partial charge in [-0.25, -0.2) is 0 Å². The third-order valence-corrected chi connectivity index (χ3v) is 3.14. The highest BCUT2D eigenvalue weighted by Crippen LogP contribution is 2.21. The third-order valence-electron chi connectivity index (χ3n) is 3.14. The van der Waals surface area contributed by atoms with Crippen molar-refractivity contribution in [3.8, 4) is 17.9 Å². The van der Waals surface area contributed by atoms with Gasteiger partial charge in [0.1, 0.15) is 23.5 Å². The summed E-state index contributed by atoms with van der Waals surface area (Å²) in [4.78, 5) is 12.6. The topological polar surface area (TPSA) is 85.9 Å². The number of allylic oxidation sites excluding steroid dienone is 1. The second-order valence-electron chi connectivity index (χ2n) is 4.53. The number of nitrogens with zero attached hydrogens (tertiary/aromatic N) is 2. The number of nitriles is 2. The summed E-state index contributed by atoms with van der Waals surface area (Å²) in [7, 11) is 1.56. The minimum Gasteiger partial charge on any atom is -0.497 e. The summed E-state index contributed by atoms with van der Waals surface area (Å²) in [6, 6.07) is 17.2. The first-order valence-electron chi connectivity index (χ1n) is 6.74. The number of nitrogens with one attached hydrogen (secondary N) is 1. The molecule has 0 amide bonds. The van der Waals surface area contributed by atoms with Crippen LogP contribution >= 0.6 is 0 Å². The summed E-state index contributed by atoms with van der Waals surface area (Å²) in [6.07, 6.45) is 1.28. The van der Waals surface area contributed by atoms with Gasteiger partial charge in [0.25, 0.3) is 0 Å². The van der Waals surface area contributed by atoms with Gasteiger partial charge in [-0.2, -0.15) is 10.5 Å². The summed E-state index contributed by atoms with van der Waals surface area (Å²) < 4.78 is 5.08. The number of hydrogen-bond donors (Lipinski definition) is 1. The Labute approximate surface area is 134 Å². The zero-order valence-electron chi connectivity index (χ0n) is 12.4. The molecule has 0 bridgehead atoms. The van der Waals surface area contributed by atoms with E-state index in [0.29, 0.717) is 22.6 Å². The maximum Gasteiger partial charge on any atom is 0.195 e. The monoisotopic (exact) mass is 303 g/mol. The molecule has 0 heterocycles. The predicted octanol–water partition coefficient (Wildman–Crippen LogP) is 3.27. The lowest BCUT2D eigenvalue weighted by Gasteiger charge is -2.09. The molecule has 0 unspecified atom stereocenters. The molecule has 0 fully saturated rings. The molecular weight excluding hydrogens is 290 g/mol. The molecule has 112 valence electrons. The Balaban J connectivity index is 2.32. The predicted molar refractivity (Wildman–Crippen MR) is 85.8 cm³/mol. The zero-order valence-corrected chi connectivity index (χ0v) is 12.4. The van der Waals surface area contributed by atoms with Crippen molar-refractivity contribution in [2.45, 2.75) is 0 Å². The molecule has 5 heteroatoms. The van der Waals surface area contributed by atoms with Crippen molar-refractivity contribution in [2.24, 2.45) is 0 Å². The molecule has 23 heavy (non-hydrogen) atoms. The van der Waals surface area contributed by atoms with E-state index in [0.717, 1.165) is 0 Å². The lowest BCUT2D eigenvalue weighted by atomic mass is 10.0. The largest absolute Gasteiger partial charge is 0.497 e. The fourth-order valence-electron chi connectivity index (χ4n) is 1.94. The van der Waals surface area contributed by atoms with Crippen molar-refractivity contribution in [3.63, 3.8) is 0 Å². The Hall–Kier alpha value is -3.57. The first kappa shape index (κ1) is 15.8. The first-order chi connectivity index (χ1) is 11.2. The van der Waals surface area contributed by atoms with E-state index in [9.17, 15) is 4.79 Å². The standard InChI is InChI=1S/C18H13N3O2/c1-23-15-8-6-14(7-9-15)18(22)16-4-2-3-5-17(16)21-12-13(10-19)11-20/h2-9,12,21H,1H3. The number of methoxy groups -OCH3 is 1. The Kier molecular flexibility index (Phi) is 5.12. The smallest absolute Gasteiger partial charge is 0.195 e. The average molecular weight is 303 g/mol. The molecule has 0 radical (unpaired) electrons. The van der Waals surface area contributed by atoms with Crippen molar-refractivity contribution in [1.29, 1.82) is 10.5 Å². The van der Waals surface area contributed by atoms with Crippen molar-refractivity contribution in [3.05, 3.63) is 71.4 Å². The van der Waals surface area contributed by atoms with Crippen LogP contribution in [0.4, 0.5) is 5.69 Å². The molecule has 1 N–H and O–H groups in total. The number of ether oxygens (including phenoxy) is 1. The van der Waals surface area contributed by atoms with Crippen LogP contribution in [0.25, 0.3) is 0 Å². The SMILES string of the molecule is COc1ccc(C(=O)c2ccccc2NC=C(C#N)C#N)cc1. The molecule has 0 aliphatic rings. The van der Waals surface area contributed by atoms with Gasteiger partial charge in [-0.05, 0) is 36.4 Å². The van der Waals surface area contributed by atoms with Gasteiger partial charge in [0.15, 0.2) is 5.78 Å². The summed E-state index contributed by atoms with van der Waals surface area (Å²) in [5.41, 5.74) is 1.42. The molecule has 0 saturated heterocycles. The fourth-order valence-corrected chi connectivity index (χ4v) is 1.94. The number of carbonyl (C=O) groups is 1. The van der Waals surface area contributed by atoms with E-state index in [1.165, 1.54) is 6.20 Å². The van der Waals surface area contributed by atoms with Crippen molar-refractivity contribution in [1.82, 2.24) is 0 Å². The lowest BCUT2D eigenvalue weighted by Crippen LogP contribution is -2.05. The van der Waals surface area contributed by atoms with Gasteiger partial charge in [-0.3, -0.25) is 4.79 Å². The van der Waals surface area contributed by atoms with Gasteiger partial charge in [0.05, 0.1) is 7.11 Å². The van der Waals surface area contributed by atoms with E-state index >= 15 is 0 Å². The van der Waals surface area contributed by atoms with E-state index in [4.69, 9.17) is 15.3 Å². The van der Waals surface area contributed by atoms with E-state index in [2.05, 4.69) is 5.32 Å². The molecule has 0 aliphatic heterocycles. The molecule has 2 aromatic carbocycles. The van der Waals surface area contributed by atoms with Crippen LogP contribution in [-0.4, -0.2) is 12.9 Å². The van der Waals surface area contributed by atoms with E-state index in [1.54, 1.807) is 67.8 Å². The summed E-state index contributed by atoms with van der Waals surface area (Å²) in [6.45, 7) is 0. The number of anilines is 1. The van der Waals surface area contributed by atoms with Crippen LogP contribution in [0, 0.1) is 22.7 Å².